The van der Waals surface area contributed by atoms with Crippen molar-refractivity contribution in [2.45, 2.75) is 12.5 Å². The number of nitrogens with one attached hydrogen (secondary N) is 2. The van der Waals surface area contributed by atoms with E-state index < -0.39 is 24.5 Å². The number of hydrogen-bond acceptors (Lipinski definition) is 4. The first-order valence-corrected chi connectivity index (χ1v) is 10.5. The summed E-state index contributed by atoms with van der Waals surface area (Å²) < 4.78 is 5.11. The third-order valence-corrected chi connectivity index (χ3v) is 5.03. The zero-order valence-electron chi connectivity index (χ0n) is 16.9. The Hall–Kier alpha value is -3.35. The number of amides is 2. The van der Waals surface area contributed by atoms with Crippen molar-refractivity contribution in [3.05, 3.63) is 100 Å². The van der Waals surface area contributed by atoms with Gasteiger partial charge in [0.2, 0.25) is 0 Å². The Morgan fingerprint density at radius 2 is 1.53 bits per heavy atom. The Labute approximate surface area is 195 Å². The Kier molecular flexibility index (Phi) is 8.25. The summed E-state index contributed by atoms with van der Waals surface area (Å²) in [6.45, 7) is -0.494. The molecule has 3 rings (SSSR count). The fraction of sp³-hybridized carbons (Fsp3) is 0.125. The minimum absolute atomic E-state index is 0.141. The van der Waals surface area contributed by atoms with Gasteiger partial charge in [0.05, 0.1) is 23.2 Å². The normalized spacial score (nSPS) is 11.3. The van der Waals surface area contributed by atoms with E-state index in [1.807, 2.05) is 24.3 Å². The van der Waals surface area contributed by atoms with Crippen molar-refractivity contribution >= 4 is 46.7 Å². The number of ether oxygens (including phenoxy) is 1. The van der Waals surface area contributed by atoms with Crippen LogP contribution in [0.5, 0.6) is 0 Å². The van der Waals surface area contributed by atoms with Gasteiger partial charge in [0.1, 0.15) is 0 Å². The van der Waals surface area contributed by atoms with Gasteiger partial charge >= 0.3 is 5.97 Å². The predicted octanol–water partition coefficient (Wildman–Crippen LogP) is 5.04. The SMILES string of the molecule is O=C(COC(=O)CC(NC(=O)c1ccccc1)c1ccccc1)Nc1ccc(Cl)cc1Cl. The first-order valence-electron chi connectivity index (χ1n) is 9.74. The van der Waals surface area contributed by atoms with E-state index in [-0.39, 0.29) is 17.4 Å². The molecular formula is C24H20Cl2N2O4. The summed E-state index contributed by atoms with van der Waals surface area (Å²) in [5.41, 5.74) is 1.57. The van der Waals surface area contributed by atoms with Gasteiger partial charge in [0.15, 0.2) is 6.61 Å². The summed E-state index contributed by atoms with van der Waals surface area (Å²) in [5, 5.41) is 6.11. The van der Waals surface area contributed by atoms with E-state index in [1.165, 1.54) is 6.07 Å². The lowest BCUT2D eigenvalue weighted by Crippen LogP contribution is -2.31. The summed E-state index contributed by atoms with van der Waals surface area (Å²) in [5.74, 6) is -1.50. The first-order chi connectivity index (χ1) is 15.4. The second-order valence-electron chi connectivity index (χ2n) is 6.84. The minimum atomic E-state index is -0.635. The third-order valence-electron chi connectivity index (χ3n) is 4.48. The zero-order valence-corrected chi connectivity index (χ0v) is 18.4. The Morgan fingerprint density at radius 3 is 2.19 bits per heavy atom. The molecular weight excluding hydrogens is 451 g/mol. The van der Waals surface area contributed by atoms with Crippen LogP contribution in [0.15, 0.2) is 78.9 Å². The van der Waals surface area contributed by atoms with Crippen LogP contribution in [0.3, 0.4) is 0 Å². The largest absolute Gasteiger partial charge is 0.455 e. The third kappa shape index (κ3) is 6.83. The second kappa shape index (κ2) is 11.3. The second-order valence-corrected chi connectivity index (χ2v) is 7.68. The molecule has 2 amide bonds. The van der Waals surface area contributed by atoms with Crippen LogP contribution in [0, 0.1) is 0 Å². The van der Waals surface area contributed by atoms with E-state index in [1.54, 1.807) is 48.5 Å². The molecule has 0 radical (unpaired) electrons. The maximum Gasteiger partial charge on any atom is 0.308 e. The molecule has 0 spiro atoms. The molecule has 0 saturated heterocycles. The van der Waals surface area contributed by atoms with Crippen LogP contribution >= 0.6 is 23.2 Å². The molecule has 1 atom stereocenters. The van der Waals surface area contributed by atoms with Crippen LogP contribution < -0.4 is 10.6 Å². The Morgan fingerprint density at radius 1 is 0.875 bits per heavy atom. The van der Waals surface area contributed by atoms with Crippen molar-refractivity contribution in [1.82, 2.24) is 5.32 Å². The number of esters is 1. The van der Waals surface area contributed by atoms with Gasteiger partial charge in [-0.05, 0) is 35.9 Å². The zero-order chi connectivity index (χ0) is 22.9. The number of halogens is 2. The molecule has 0 bridgehead atoms. The van der Waals surface area contributed by atoms with Gasteiger partial charge in [-0.1, -0.05) is 71.7 Å². The maximum absolute atomic E-state index is 12.6. The lowest BCUT2D eigenvalue weighted by molar-refractivity contribution is -0.147. The molecule has 2 N–H and O–H groups in total. The van der Waals surface area contributed by atoms with Gasteiger partial charge in [-0.3, -0.25) is 14.4 Å². The van der Waals surface area contributed by atoms with Crippen LogP contribution in [-0.2, 0) is 14.3 Å². The van der Waals surface area contributed by atoms with Crippen molar-refractivity contribution in [1.29, 1.82) is 0 Å². The monoisotopic (exact) mass is 470 g/mol. The maximum atomic E-state index is 12.6. The summed E-state index contributed by atoms with van der Waals surface area (Å²) in [6.07, 6.45) is -0.141. The standard InChI is InChI=1S/C24H20Cl2N2O4/c25-18-11-12-20(19(26)13-18)27-22(29)15-32-23(30)14-21(16-7-3-1-4-8-16)28-24(31)17-9-5-2-6-10-17/h1-13,21H,14-15H2,(H,27,29)(H,28,31). The molecule has 32 heavy (non-hydrogen) atoms. The molecule has 0 aliphatic rings. The topological polar surface area (TPSA) is 84.5 Å². The number of carbonyl (C=O) groups excluding carboxylic acids is 3. The van der Waals surface area contributed by atoms with Crippen molar-refractivity contribution in [2.24, 2.45) is 0 Å². The number of anilines is 1. The molecule has 0 aliphatic heterocycles. The number of carbonyl (C=O) groups is 3. The summed E-state index contributed by atoms with van der Waals surface area (Å²) in [7, 11) is 0. The molecule has 0 aromatic heterocycles. The predicted molar refractivity (Wildman–Crippen MR) is 124 cm³/mol. The molecule has 6 nitrogen and oxygen atoms in total. The fourth-order valence-corrected chi connectivity index (χ4v) is 3.37. The van der Waals surface area contributed by atoms with Crippen molar-refractivity contribution in [2.75, 3.05) is 11.9 Å². The number of benzene rings is 3. The molecule has 8 heteroatoms. The number of hydrogen-bond donors (Lipinski definition) is 2. The van der Waals surface area contributed by atoms with Gasteiger partial charge in [-0.15, -0.1) is 0 Å². The highest BCUT2D eigenvalue weighted by atomic mass is 35.5. The lowest BCUT2D eigenvalue weighted by Gasteiger charge is -2.19. The van der Waals surface area contributed by atoms with Crippen LogP contribution in [0.25, 0.3) is 0 Å². The van der Waals surface area contributed by atoms with Crippen LogP contribution in [-0.4, -0.2) is 24.4 Å². The highest BCUT2D eigenvalue weighted by Crippen LogP contribution is 2.25. The molecule has 0 aliphatic carbocycles. The quantitative estimate of drug-likeness (QED) is 0.451. The Bertz CT molecular complexity index is 1090. The molecule has 164 valence electrons. The molecule has 1 unspecified atom stereocenters. The smallest absolute Gasteiger partial charge is 0.308 e. The summed E-state index contributed by atoms with van der Waals surface area (Å²) in [6, 6.07) is 21.8. The van der Waals surface area contributed by atoms with E-state index in [4.69, 9.17) is 27.9 Å². The molecule has 3 aromatic carbocycles. The summed E-state index contributed by atoms with van der Waals surface area (Å²) >= 11 is 11.9. The average Bonchev–Trinajstić information content (AvgIpc) is 2.80. The van der Waals surface area contributed by atoms with E-state index in [2.05, 4.69) is 10.6 Å². The number of rotatable bonds is 8. The fourth-order valence-electron chi connectivity index (χ4n) is 2.92. The van der Waals surface area contributed by atoms with Crippen molar-refractivity contribution < 1.29 is 19.1 Å². The molecule has 0 saturated carbocycles. The molecule has 3 aromatic rings. The molecule has 0 heterocycles. The molecule has 0 fully saturated rings. The van der Waals surface area contributed by atoms with E-state index in [0.29, 0.717) is 16.3 Å². The van der Waals surface area contributed by atoms with Gasteiger partial charge in [0.25, 0.3) is 11.8 Å². The lowest BCUT2D eigenvalue weighted by atomic mass is 10.0. The van der Waals surface area contributed by atoms with Gasteiger partial charge in [0, 0.05) is 10.6 Å². The highest BCUT2D eigenvalue weighted by molar-refractivity contribution is 6.36. The van der Waals surface area contributed by atoms with E-state index in [0.717, 1.165) is 5.56 Å². The van der Waals surface area contributed by atoms with Crippen LogP contribution in [0.1, 0.15) is 28.4 Å². The van der Waals surface area contributed by atoms with Crippen molar-refractivity contribution in [3.8, 4) is 0 Å². The van der Waals surface area contributed by atoms with Crippen LogP contribution in [0.2, 0.25) is 10.0 Å². The Balaban J connectivity index is 1.59. The minimum Gasteiger partial charge on any atom is -0.455 e. The highest BCUT2D eigenvalue weighted by Gasteiger charge is 2.21. The van der Waals surface area contributed by atoms with Gasteiger partial charge in [-0.2, -0.15) is 0 Å². The van der Waals surface area contributed by atoms with E-state index >= 15 is 0 Å². The van der Waals surface area contributed by atoms with Crippen molar-refractivity contribution in [3.63, 3.8) is 0 Å². The van der Waals surface area contributed by atoms with Gasteiger partial charge < -0.3 is 15.4 Å². The van der Waals surface area contributed by atoms with Gasteiger partial charge in [-0.25, -0.2) is 0 Å². The van der Waals surface area contributed by atoms with E-state index in [9.17, 15) is 14.4 Å². The first kappa shape index (κ1) is 23.3. The van der Waals surface area contributed by atoms with Crippen LogP contribution in [0.4, 0.5) is 5.69 Å². The average molecular weight is 471 g/mol. The summed E-state index contributed by atoms with van der Waals surface area (Å²) in [4.78, 5) is 37.1.